The van der Waals surface area contributed by atoms with Crippen LogP contribution in [0.3, 0.4) is 0 Å². The second-order valence-electron chi connectivity index (χ2n) is 3.37. The molecule has 5 heteroatoms. The van der Waals surface area contributed by atoms with Gasteiger partial charge in [-0.1, -0.05) is 0 Å². The predicted octanol–water partition coefficient (Wildman–Crippen LogP) is 1.01. The summed E-state index contributed by atoms with van der Waals surface area (Å²) >= 11 is 0. The molecule has 97 valence electrons. The van der Waals surface area contributed by atoms with E-state index in [1.54, 1.807) is 7.11 Å². The van der Waals surface area contributed by atoms with Gasteiger partial charge in [0.15, 0.2) is 0 Å². The van der Waals surface area contributed by atoms with Gasteiger partial charge in [0, 0.05) is 46.4 Å². The molecule has 1 atom stereocenters. The fourth-order valence-electron chi connectivity index (χ4n) is 1.44. The van der Waals surface area contributed by atoms with Crippen molar-refractivity contribution in [3.05, 3.63) is 0 Å². The highest BCUT2D eigenvalue weighted by atomic mass is 16.7. The molecule has 0 aromatic rings. The highest BCUT2D eigenvalue weighted by Crippen LogP contribution is 2.12. The number of ether oxygens (including phenoxy) is 3. The molecule has 0 aromatic heterocycles. The minimum absolute atomic E-state index is 0.270. The maximum absolute atomic E-state index is 7.26. The molecule has 1 radical (unpaired) electrons. The Hall–Kier alpha value is -0.200. The highest BCUT2D eigenvalue weighted by molar-refractivity contribution is 4.67. The third-order valence-electron chi connectivity index (χ3n) is 2.23. The lowest BCUT2D eigenvalue weighted by Gasteiger charge is -2.32. The van der Waals surface area contributed by atoms with E-state index in [0.717, 1.165) is 26.2 Å². The van der Waals surface area contributed by atoms with Crippen molar-refractivity contribution < 1.29 is 14.2 Å². The van der Waals surface area contributed by atoms with E-state index in [4.69, 9.17) is 19.9 Å². The first-order valence-corrected chi connectivity index (χ1v) is 5.91. The number of methoxy groups -OCH3 is 1. The first-order chi connectivity index (χ1) is 7.74. The molecule has 0 bridgehead atoms. The van der Waals surface area contributed by atoms with E-state index in [1.165, 1.54) is 0 Å². The summed E-state index contributed by atoms with van der Waals surface area (Å²) in [7, 11) is 1.60. The molecule has 16 heavy (non-hydrogen) atoms. The molecule has 0 heterocycles. The minimum Gasteiger partial charge on any atom is -0.382 e. The topological polar surface area (TPSA) is 63.5 Å². The zero-order valence-corrected chi connectivity index (χ0v) is 10.7. The van der Waals surface area contributed by atoms with Gasteiger partial charge >= 0.3 is 0 Å². The molecule has 0 saturated carbocycles. The molecule has 0 spiro atoms. The van der Waals surface area contributed by atoms with Gasteiger partial charge in [-0.25, -0.2) is 0 Å². The first kappa shape index (κ1) is 15.8. The Kier molecular flexibility index (Phi) is 9.86. The quantitative estimate of drug-likeness (QED) is 0.427. The highest BCUT2D eigenvalue weighted by Gasteiger charge is 2.28. The summed E-state index contributed by atoms with van der Waals surface area (Å²) in [4.78, 5) is 0. The monoisotopic (exact) mass is 233 g/mol. The van der Waals surface area contributed by atoms with Crippen LogP contribution in [0.1, 0.15) is 26.7 Å². The third kappa shape index (κ3) is 6.40. The minimum atomic E-state index is -0.803. The molecule has 0 aliphatic carbocycles. The molecular weight excluding hydrogens is 208 g/mol. The summed E-state index contributed by atoms with van der Waals surface area (Å²) in [5, 5.41) is 3.20. The van der Waals surface area contributed by atoms with Gasteiger partial charge in [-0.05, 0) is 20.3 Å². The first-order valence-electron chi connectivity index (χ1n) is 5.91. The van der Waals surface area contributed by atoms with Gasteiger partial charge in [0.25, 0.3) is 0 Å². The van der Waals surface area contributed by atoms with E-state index in [9.17, 15) is 0 Å². The van der Waals surface area contributed by atoms with Crippen molar-refractivity contribution >= 4 is 0 Å². The molecule has 0 aliphatic heterocycles. The second-order valence-corrected chi connectivity index (χ2v) is 3.37. The normalized spacial score (nSPS) is 15.0. The van der Waals surface area contributed by atoms with Crippen LogP contribution in [-0.2, 0) is 14.2 Å². The fourth-order valence-corrected chi connectivity index (χ4v) is 1.44. The van der Waals surface area contributed by atoms with Gasteiger partial charge in [-0.3, -0.25) is 11.1 Å². The molecule has 0 aliphatic rings. The summed E-state index contributed by atoms with van der Waals surface area (Å²) in [5.74, 6) is -0.803. The molecule has 0 saturated heterocycles. The maximum atomic E-state index is 7.26. The lowest BCUT2D eigenvalue weighted by molar-refractivity contribution is -0.243. The number of hydrogen-bond acceptors (Lipinski definition) is 4. The van der Waals surface area contributed by atoms with E-state index in [2.05, 4.69) is 5.32 Å². The Morgan fingerprint density at radius 3 is 2.50 bits per heavy atom. The van der Waals surface area contributed by atoms with Gasteiger partial charge in [-0.2, -0.15) is 0 Å². The summed E-state index contributed by atoms with van der Waals surface area (Å²) in [6.07, 6.45) is 1.43. The number of hydrogen-bond donors (Lipinski definition) is 1. The molecule has 5 nitrogen and oxygen atoms in total. The van der Waals surface area contributed by atoms with Crippen LogP contribution in [0.15, 0.2) is 0 Å². The fraction of sp³-hybridized carbons (Fsp3) is 1.00. The van der Waals surface area contributed by atoms with Crippen LogP contribution in [-0.4, -0.2) is 45.9 Å². The van der Waals surface area contributed by atoms with Crippen molar-refractivity contribution in [2.24, 2.45) is 0 Å². The van der Waals surface area contributed by atoms with E-state index in [0.29, 0.717) is 13.0 Å². The van der Waals surface area contributed by atoms with Crippen molar-refractivity contribution in [3.63, 3.8) is 0 Å². The van der Waals surface area contributed by atoms with E-state index >= 15 is 0 Å². The molecule has 1 unspecified atom stereocenters. The smallest absolute Gasteiger partial charge is 0.228 e. The average molecular weight is 233 g/mol. The van der Waals surface area contributed by atoms with Crippen molar-refractivity contribution in [2.45, 2.75) is 32.6 Å². The summed E-state index contributed by atoms with van der Waals surface area (Å²) < 4.78 is 16.1. The van der Waals surface area contributed by atoms with Crippen LogP contribution in [0, 0.1) is 0 Å². The van der Waals surface area contributed by atoms with Crippen molar-refractivity contribution in [2.75, 3.05) is 40.0 Å². The Morgan fingerprint density at radius 1 is 1.25 bits per heavy atom. The zero-order valence-electron chi connectivity index (χ0n) is 10.7. The van der Waals surface area contributed by atoms with Gasteiger partial charge in [0.05, 0.1) is 0 Å². The van der Waals surface area contributed by atoms with Crippen LogP contribution in [0.5, 0.6) is 0 Å². The SMILES string of the molecule is CCOCCCNC(CC[NH])(OC)OCC. The van der Waals surface area contributed by atoms with Crippen molar-refractivity contribution in [3.8, 4) is 0 Å². The lowest BCUT2D eigenvalue weighted by atomic mass is 10.3. The van der Waals surface area contributed by atoms with Gasteiger partial charge in [0.2, 0.25) is 5.91 Å². The maximum Gasteiger partial charge on any atom is 0.228 e. The molecule has 0 rings (SSSR count). The van der Waals surface area contributed by atoms with E-state index in [-0.39, 0.29) is 6.54 Å². The lowest BCUT2D eigenvalue weighted by Crippen LogP contribution is -2.50. The Morgan fingerprint density at radius 2 is 2.00 bits per heavy atom. The Balaban J connectivity index is 3.89. The van der Waals surface area contributed by atoms with Crippen LogP contribution < -0.4 is 11.1 Å². The zero-order chi connectivity index (χ0) is 12.3. The molecule has 0 amide bonds. The van der Waals surface area contributed by atoms with E-state index < -0.39 is 5.91 Å². The predicted molar refractivity (Wildman–Crippen MR) is 63.1 cm³/mol. The van der Waals surface area contributed by atoms with Gasteiger partial charge in [0.1, 0.15) is 0 Å². The van der Waals surface area contributed by atoms with Crippen LogP contribution in [0.25, 0.3) is 0 Å². The van der Waals surface area contributed by atoms with Crippen LogP contribution >= 0.6 is 0 Å². The Bertz CT molecular complexity index is 150. The standard InChI is InChI=1S/C11H25N2O3/c1-4-15-10-6-9-13-11(14-3,7-8-12)16-5-2/h12-13H,4-10H2,1-3H3. The molecule has 2 N–H and O–H groups in total. The number of rotatable bonds is 11. The van der Waals surface area contributed by atoms with Crippen LogP contribution in [0.2, 0.25) is 0 Å². The second kappa shape index (κ2) is 9.99. The van der Waals surface area contributed by atoms with Crippen molar-refractivity contribution in [1.82, 2.24) is 11.1 Å². The van der Waals surface area contributed by atoms with Crippen LogP contribution in [0.4, 0.5) is 0 Å². The molecular formula is C11H25N2O3. The van der Waals surface area contributed by atoms with Gasteiger partial charge in [-0.15, -0.1) is 0 Å². The summed E-state index contributed by atoms with van der Waals surface area (Å²) in [5.41, 5.74) is 7.26. The summed E-state index contributed by atoms with van der Waals surface area (Å²) in [6.45, 7) is 6.96. The third-order valence-corrected chi connectivity index (χ3v) is 2.23. The molecule has 0 aromatic carbocycles. The Labute approximate surface area is 98.6 Å². The number of nitrogens with one attached hydrogen (secondary N) is 2. The largest absolute Gasteiger partial charge is 0.382 e. The van der Waals surface area contributed by atoms with Crippen molar-refractivity contribution in [1.29, 1.82) is 0 Å². The van der Waals surface area contributed by atoms with Gasteiger partial charge < -0.3 is 14.2 Å². The average Bonchev–Trinajstić information content (AvgIpc) is 2.29. The summed E-state index contributed by atoms with van der Waals surface area (Å²) in [6, 6.07) is 0. The molecule has 0 fully saturated rings. The van der Waals surface area contributed by atoms with E-state index in [1.807, 2.05) is 13.8 Å².